The van der Waals surface area contributed by atoms with Gasteiger partial charge in [0.25, 0.3) is 11.2 Å². The van der Waals surface area contributed by atoms with Gasteiger partial charge in [-0.25, -0.2) is 9.79 Å². The van der Waals surface area contributed by atoms with E-state index in [-0.39, 0.29) is 29.5 Å². The number of ether oxygens (including phenoxy) is 3. The van der Waals surface area contributed by atoms with Gasteiger partial charge in [-0.15, -0.1) is 0 Å². The van der Waals surface area contributed by atoms with Crippen LogP contribution >= 0.6 is 11.3 Å². The van der Waals surface area contributed by atoms with E-state index in [9.17, 15) is 19.7 Å². The Morgan fingerprint density at radius 1 is 1.11 bits per heavy atom. The van der Waals surface area contributed by atoms with Gasteiger partial charge in [0.05, 0.1) is 46.6 Å². The Kier molecular flexibility index (Phi) is 8.78. The standard InChI is InChI=1S/C33H34N4O7S/c1-8-43-32(39)29-20(5)34-33-36(30(29)22-9-14-26(44-18(2)3)27(16-22)42-7)31(38)28(45-33)17-23-15-19(4)35(21(23)6)24-10-12-25(13-11-24)37(40)41/h9-18,30H,8H2,1-7H3/b28-17+/t30-/m0/s1. The maximum atomic E-state index is 14.2. The van der Waals surface area contributed by atoms with E-state index in [0.717, 1.165) is 22.6 Å². The van der Waals surface area contributed by atoms with Crippen LogP contribution in [0.2, 0.25) is 0 Å². The first-order valence-electron chi connectivity index (χ1n) is 14.4. The van der Waals surface area contributed by atoms with Crippen molar-refractivity contribution in [1.82, 2.24) is 9.13 Å². The summed E-state index contributed by atoms with van der Waals surface area (Å²) >= 11 is 1.23. The Morgan fingerprint density at radius 2 is 1.82 bits per heavy atom. The van der Waals surface area contributed by atoms with Crippen molar-refractivity contribution in [3.05, 3.63) is 112 Å². The number of hydrogen-bond acceptors (Lipinski definition) is 9. The van der Waals surface area contributed by atoms with Crippen molar-refractivity contribution in [1.29, 1.82) is 0 Å². The third kappa shape index (κ3) is 5.93. The lowest BCUT2D eigenvalue weighted by atomic mass is 9.95. The average Bonchev–Trinajstić information content (AvgIpc) is 3.45. The third-order valence-corrected chi connectivity index (χ3v) is 8.44. The van der Waals surface area contributed by atoms with Crippen LogP contribution in [0.15, 0.2) is 69.6 Å². The number of nitro benzene ring substituents is 1. The molecule has 12 heteroatoms. The number of thiazole rings is 1. The van der Waals surface area contributed by atoms with Gasteiger partial charge < -0.3 is 18.8 Å². The molecular formula is C33H34N4O7S. The molecule has 11 nitrogen and oxygen atoms in total. The number of methoxy groups -OCH3 is 1. The second kappa shape index (κ2) is 12.6. The fourth-order valence-corrected chi connectivity index (χ4v) is 6.55. The summed E-state index contributed by atoms with van der Waals surface area (Å²) < 4.78 is 20.9. The molecule has 2 aromatic heterocycles. The highest BCUT2D eigenvalue weighted by molar-refractivity contribution is 7.07. The molecule has 0 aliphatic carbocycles. The minimum atomic E-state index is -0.808. The number of carbonyl (C=O) groups is 1. The van der Waals surface area contributed by atoms with E-state index >= 15 is 0 Å². The number of carbonyl (C=O) groups excluding carboxylic acids is 1. The van der Waals surface area contributed by atoms with E-state index in [0.29, 0.717) is 32.1 Å². The van der Waals surface area contributed by atoms with Gasteiger partial charge in [-0.2, -0.15) is 0 Å². The Balaban J connectivity index is 1.67. The van der Waals surface area contributed by atoms with Gasteiger partial charge in [0.1, 0.15) is 0 Å². The van der Waals surface area contributed by atoms with E-state index in [1.807, 2.05) is 50.5 Å². The van der Waals surface area contributed by atoms with Crippen LogP contribution in [0.1, 0.15) is 56.3 Å². The fourth-order valence-electron chi connectivity index (χ4n) is 5.51. The minimum absolute atomic E-state index is 0.00860. The van der Waals surface area contributed by atoms with E-state index in [2.05, 4.69) is 4.99 Å². The summed E-state index contributed by atoms with van der Waals surface area (Å²) in [6.45, 7) is 11.3. The van der Waals surface area contributed by atoms with Gasteiger partial charge in [-0.1, -0.05) is 17.4 Å². The second-order valence-corrected chi connectivity index (χ2v) is 11.8. The van der Waals surface area contributed by atoms with E-state index in [4.69, 9.17) is 14.2 Å². The number of rotatable bonds is 9. The van der Waals surface area contributed by atoms with Crippen LogP contribution in [-0.4, -0.2) is 39.8 Å². The Morgan fingerprint density at radius 3 is 2.44 bits per heavy atom. The number of allylic oxidation sites excluding steroid dienone is 1. The summed E-state index contributed by atoms with van der Waals surface area (Å²) in [5.41, 5.74) is 4.41. The van der Waals surface area contributed by atoms with Gasteiger partial charge in [0.2, 0.25) is 0 Å². The molecule has 5 rings (SSSR count). The molecule has 0 unspecified atom stereocenters. The topological polar surface area (TPSA) is 127 Å². The molecule has 0 radical (unpaired) electrons. The molecule has 0 saturated carbocycles. The molecule has 4 aromatic rings. The predicted molar refractivity (Wildman–Crippen MR) is 171 cm³/mol. The fraction of sp³-hybridized carbons (Fsp3) is 0.303. The zero-order chi connectivity index (χ0) is 32.6. The largest absolute Gasteiger partial charge is 0.493 e. The first-order chi connectivity index (χ1) is 21.4. The minimum Gasteiger partial charge on any atom is -0.493 e. The lowest BCUT2D eigenvalue weighted by molar-refractivity contribution is -0.384. The van der Waals surface area contributed by atoms with Gasteiger partial charge in [-0.3, -0.25) is 19.5 Å². The van der Waals surface area contributed by atoms with Crippen molar-refractivity contribution >= 4 is 29.1 Å². The van der Waals surface area contributed by atoms with E-state index < -0.39 is 16.9 Å². The van der Waals surface area contributed by atoms with Crippen LogP contribution in [-0.2, 0) is 9.53 Å². The highest BCUT2D eigenvalue weighted by Gasteiger charge is 2.34. The summed E-state index contributed by atoms with van der Waals surface area (Å²) in [4.78, 5) is 43.3. The molecule has 0 N–H and O–H groups in total. The lowest BCUT2D eigenvalue weighted by Crippen LogP contribution is -2.40. The zero-order valence-electron chi connectivity index (χ0n) is 26.1. The number of aromatic nitrogens is 2. The highest BCUT2D eigenvalue weighted by atomic mass is 32.1. The Labute approximate surface area is 263 Å². The number of aryl methyl sites for hydroxylation is 1. The average molecular weight is 631 g/mol. The Bertz CT molecular complexity index is 2020. The number of hydrogen-bond donors (Lipinski definition) is 0. The summed E-state index contributed by atoms with van der Waals surface area (Å²) in [6, 6.07) is 12.8. The SMILES string of the molecule is CCOC(=O)C1=C(C)N=c2s/c(=C/c3cc(C)n(-c4ccc([N+](=O)[O-])cc4)c3C)c(=O)n2[C@H]1c1ccc(OC(C)C)c(OC)c1. The molecule has 3 heterocycles. The first kappa shape index (κ1) is 31.5. The maximum absolute atomic E-state index is 14.2. The number of esters is 1. The zero-order valence-corrected chi connectivity index (χ0v) is 26.9. The quantitative estimate of drug-likeness (QED) is 0.146. The van der Waals surface area contributed by atoms with Crippen LogP contribution in [0.5, 0.6) is 11.5 Å². The molecule has 1 aliphatic heterocycles. The summed E-state index contributed by atoms with van der Waals surface area (Å²) in [5.74, 6) is 0.469. The Hall–Kier alpha value is -4.97. The number of benzene rings is 2. The molecule has 2 aromatic carbocycles. The molecular weight excluding hydrogens is 596 g/mol. The third-order valence-electron chi connectivity index (χ3n) is 7.46. The molecule has 0 amide bonds. The van der Waals surface area contributed by atoms with E-state index in [1.165, 1.54) is 35.1 Å². The van der Waals surface area contributed by atoms with Crippen LogP contribution in [0.4, 0.5) is 5.69 Å². The smallest absolute Gasteiger partial charge is 0.338 e. The van der Waals surface area contributed by atoms with Crippen LogP contribution in [0.3, 0.4) is 0 Å². The van der Waals surface area contributed by atoms with Crippen molar-refractivity contribution in [3.8, 4) is 17.2 Å². The maximum Gasteiger partial charge on any atom is 0.338 e. The predicted octanol–water partition coefficient (Wildman–Crippen LogP) is 4.91. The van der Waals surface area contributed by atoms with Crippen LogP contribution in [0, 0.1) is 24.0 Å². The number of nitro groups is 1. The van der Waals surface area contributed by atoms with Crippen LogP contribution in [0.25, 0.3) is 11.8 Å². The molecule has 1 atom stereocenters. The lowest BCUT2D eigenvalue weighted by Gasteiger charge is -2.25. The second-order valence-electron chi connectivity index (χ2n) is 10.8. The highest BCUT2D eigenvalue weighted by Crippen LogP contribution is 2.36. The molecule has 234 valence electrons. The van der Waals surface area contributed by atoms with Gasteiger partial charge in [0.15, 0.2) is 16.3 Å². The number of fused-ring (bicyclic) bond motifs is 1. The number of non-ortho nitro benzene ring substituents is 1. The molecule has 0 fully saturated rings. The molecule has 0 spiro atoms. The van der Waals surface area contributed by atoms with Gasteiger partial charge in [-0.05, 0) is 89.1 Å². The summed E-state index contributed by atoms with van der Waals surface area (Å²) in [5, 5.41) is 11.1. The van der Waals surface area contributed by atoms with Crippen molar-refractivity contribution < 1.29 is 23.9 Å². The molecule has 1 aliphatic rings. The molecule has 0 saturated heterocycles. The van der Waals surface area contributed by atoms with Gasteiger partial charge in [0, 0.05) is 29.2 Å². The molecule has 45 heavy (non-hydrogen) atoms. The van der Waals surface area contributed by atoms with Crippen molar-refractivity contribution in [2.45, 2.75) is 53.7 Å². The van der Waals surface area contributed by atoms with E-state index in [1.54, 1.807) is 38.1 Å². The normalized spacial score (nSPS) is 14.8. The summed E-state index contributed by atoms with van der Waals surface area (Å²) in [7, 11) is 1.54. The van der Waals surface area contributed by atoms with Gasteiger partial charge >= 0.3 is 5.97 Å². The summed E-state index contributed by atoms with van der Waals surface area (Å²) in [6.07, 6.45) is 1.73. The van der Waals surface area contributed by atoms with Crippen LogP contribution < -0.4 is 24.4 Å². The molecule has 0 bridgehead atoms. The first-order valence-corrected chi connectivity index (χ1v) is 15.2. The monoisotopic (exact) mass is 630 g/mol. The van der Waals surface area contributed by atoms with Crippen molar-refractivity contribution in [2.24, 2.45) is 4.99 Å². The van der Waals surface area contributed by atoms with Crippen molar-refractivity contribution in [3.63, 3.8) is 0 Å². The number of nitrogens with zero attached hydrogens (tertiary/aromatic N) is 4. The van der Waals surface area contributed by atoms with Crippen molar-refractivity contribution in [2.75, 3.05) is 13.7 Å².